The van der Waals surface area contributed by atoms with Crippen LogP contribution in [0.2, 0.25) is 0 Å². The van der Waals surface area contributed by atoms with E-state index in [0.29, 0.717) is 19.3 Å². The van der Waals surface area contributed by atoms with Gasteiger partial charge in [0.25, 0.3) is 0 Å². The van der Waals surface area contributed by atoms with E-state index < -0.39 is 50.2 Å². The lowest BCUT2D eigenvalue weighted by Gasteiger charge is -2.18. The van der Waals surface area contributed by atoms with Crippen molar-refractivity contribution in [2.45, 2.75) is 71.1 Å². The topological polar surface area (TPSA) is 78.9 Å². The smallest absolute Gasteiger partial charge is 0.376 e. The summed E-state index contributed by atoms with van der Waals surface area (Å²) in [5.41, 5.74) is 0. The molecule has 0 saturated carbocycles. The van der Waals surface area contributed by atoms with Crippen LogP contribution in [0.15, 0.2) is 0 Å². The third kappa shape index (κ3) is 11.8. The molecule has 0 amide bonds. The van der Waals surface area contributed by atoms with Crippen LogP contribution in [-0.4, -0.2) is 50.6 Å². The van der Waals surface area contributed by atoms with Crippen molar-refractivity contribution in [3.8, 4) is 0 Å². The second kappa shape index (κ2) is 14.1. The van der Waals surface area contributed by atoms with Crippen LogP contribution in [0.3, 0.4) is 0 Å². The molecule has 0 aromatic carbocycles. The molecule has 168 valence electrons. The number of rotatable bonds is 13. The molecule has 28 heavy (non-hydrogen) atoms. The molecule has 0 fully saturated rings. The fraction of sp³-hybridized carbons (Fsp3) is 0.882. The number of halogens is 4. The summed E-state index contributed by atoms with van der Waals surface area (Å²) in [6, 6.07) is 0. The lowest BCUT2D eigenvalue weighted by atomic mass is 10.1. The van der Waals surface area contributed by atoms with Gasteiger partial charge in [-0.25, -0.2) is 4.79 Å². The van der Waals surface area contributed by atoms with Crippen LogP contribution >= 0.6 is 7.60 Å². The van der Waals surface area contributed by atoms with Gasteiger partial charge in [0.2, 0.25) is 5.78 Å². The highest BCUT2D eigenvalue weighted by Crippen LogP contribution is 2.47. The Morgan fingerprint density at radius 1 is 0.857 bits per heavy atom. The van der Waals surface area contributed by atoms with Gasteiger partial charge in [0.1, 0.15) is 6.16 Å². The molecule has 0 aromatic heterocycles. The summed E-state index contributed by atoms with van der Waals surface area (Å²) in [5, 5.41) is 0. The highest BCUT2D eigenvalue weighted by Gasteiger charge is 2.42. The van der Waals surface area contributed by atoms with Crippen molar-refractivity contribution < 1.29 is 45.5 Å². The van der Waals surface area contributed by atoms with E-state index in [-0.39, 0.29) is 13.0 Å². The van der Waals surface area contributed by atoms with Gasteiger partial charge < -0.3 is 13.8 Å². The van der Waals surface area contributed by atoms with E-state index in [2.05, 4.69) is 13.8 Å². The average molecular weight is 438 g/mol. The Labute approximate surface area is 163 Å². The van der Waals surface area contributed by atoms with Gasteiger partial charge in [-0.3, -0.25) is 9.36 Å². The molecule has 0 atom stereocenters. The standard InChI is InChI=1S/C9H17F2O4P.C8H14F2O2/c1-4-5-6-9(10,11)8(12)7-16(13,14-2)15-3;1-3-5-6-8(9,10)7(11)12-4-2/h4-7H2,1-3H3;3-6H2,1-2H3. The summed E-state index contributed by atoms with van der Waals surface area (Å²) in [7, 11) is -1.58. The summed E-state index contributed by atoms with van der Waals surface area (Å²) in [5.74, 6) is -9.55. The molecule has 6 nitrogen and oxygen atoms in total. The van der Waals surface area contributed by atoms with Crippen LogP contribution < -0.4 is 0 Å². The molecule has 0 radical (unpaired) electrons. The first kappa shape index (κ1) is 29.2. The first-order valence-electron chi connectivity index (χ1n) is 9.02. The molecule has 0 heterocycles. The average Bonchev–Trinajstić information content (AvgIpc) is 2.65. The number of carbonyl (C=O) groups is 2. The van der Waals surface area contributed by atoms with Gasteiger partial charge in [0.15, 0.2) is 0 Å². The summed E-state index contributed by atoms with van der Waals surface area (Å²) >= 11 is 0. The maximum Gasteiger partial charge on any atom is 0.376 e. The molecule has 11 heteroatoms. The minimum absolute atomic E-state index is 0.000544. The Kier molecular flexibility index (Phi) is 14.7. The van der Waals surface area contributed by atoms with Crippen LogP contribution in [-0.2, 0) is 27.9 Å². The monoisotopic (exact) mass is 438 g/mol. The van der Waals surface area contributed by atoms with Crippen molar-refractivity contribution >= 4 is 19.3 Å². The van der Waals surface area contributed by atoms with E-state index in [4.69, 9.17) is 0 Å². The van der Waals surface area contributed by atoms with Crippen molar-refractivity contribution in [3.05, 3.63) is 0 Å². The quantitative estimate of drug-likeness (QED) is 0.222. The van der Waals surface area contributed by atoms with Crippen molar-refractivity contribution in [2.24, 2.45) is 0 Å². The van der Waals surface area contributed by atoms with Gasteiger partial charge in [-0.15, -0.1) is 0 Å². The number of hydrogen-bond donors (Lipinski definition) is 0. The number of esters is 1. The first-order chi connectivity index (χ1) is 12.9. The molecular formula is C17H31F4O6P. The third-order valence-corrected chi connectivity index (χ3v) is 5.35. The van der Waals surface area contributed by atoms with Crippen LogP contribution in [0.1, 0.15) is 59.3 Å². The Morgan fingerprint density at radius 2 is 1.29 bits per heavy atom. The second-order valence-electron chi connectivity index (χ2n) is 5.89. The maximum atomic E-state index is 13.2. The summed E-state index contributed by atoms with van der Waals surface area (Å²) in [6.07, 6.45) is -0.0479. The molecule has 0 aliphatic heterocycles. The first-order valence-corrected chi connectivity index (χ1v) is 10.7. The lowest BCUT2D eigenvalue weighted by molar-refractivity contribution is -0.172. The molecule has 0 rings (SSSR count). The number of ether oxygens (including phenoxy) is 1. The molecule has 0 spiro atoms. The zero-order valence-corrected chi connectivity index (χ0v) is 18.0. The zero-order chi connectivity index (χ0) is 22.4. The zero-order valence-electron chi connectivity index (χ0n) is 17.1. The fourth-order valence-corrected chi connectivity index (χ4v) is 2.76. The third-order valence-electron chi connectivity index (χ3n) is 3.56. The Morgan fingerprint density at radius 3 is 1.64 bits per heavy atom. The molecule has 0 bridgehead atoms. The fourth-order valence-electron chi connectivity index (χ4n) is 1.77. The Balaban J connectivity index is 0. The normalized spacial score (nSPS) is 12.2. The molecule has 0 unspecified atom stereocenters. The number of Topliss-reactive ketones (excluding diaryl/α,β-unsaturated/α-hetero) is 1. The molecule has 0 saturated heterocycles. The molecular weight excluding hydrogens is 407 g/mol. The van der Waals surface area contributed by atoms with E-state index in [1.54, 1.807) is 13.8 Å². The van der Waals surface area contributed by atoms with Crippen molar-refractivity contribution in [3.63, 3.8) is 0 Å². The van der Waals surface area contributed by atoms with Crippen molar-refractivity contribution in [1.82, 2.24) is 0 Å². The van der Waals surface area contributed by atoms with Gasteiger partial charge in [-0.1, -0.05) is 26.7 Å². The molecule has 0 N–H and O–H groups in total. The van der Waals surface area contributed by atoms with Crippen LogP contribution in [0.5, 0.6) is 0 Å². The highest BCUT2D eigenvalue weighted by atomic mass is 31.2. The predicted octanol–water partition coefficient (Wildman–Crippen LogP) is 5.24. The molecule has 0 aliphatic carbocycles. The Hall–Kier alpha value is -0.990. The minimum Gasteiger partial charge on any atom is -0.462 e. The largest absolute Gasteiger partial charge is 0.462 e. The molecule has 0 aliphatic rings. The highest BCUT2D eigenvalue weighted by molar-refractivity contribution is 7.54. The Bertz CT molecular complexity index is 506. The van der Waals surface area contributed by atoms with E-state index >= 15 is 0 Å². The second-order valence-corrected chi connectivity index (χ2v) is 8.16. The predicted molar refractivity (Wildman–Crippen MR) is 97.1 cm³/mol. The van der Waals surface area contributed by atoms with E-state index in [0.717, 1.165) is 14.2 Å². The number of carbonyl (C=O) groups excluding carboxylic acids is 2. The number of hydrogen-bond acceptors (Lipinski definition) is 6. The number of alkyl halides is 4. The van der Waals surface area contributed by atoms with Gasteiger partial charge >= 0.3 is 25.4 Å². The van der Waals surface area contributed by atoms with Gasteiger partial charge in [0, 0.05) is 27.1 Å². The maximum absolute atomic E-state index is 13.2. The summed E-state index contributed by atoms with van der Waals surface area (Å²) < 4.78 is 76.5. The number of unbranched alkanes of at least 4 members (excludes halogenated alkanes) is 2. The van der Waals surface area contributed by atoms with Gasteiger partial charge in [-0.2, -0.15) is 17.6 Å². The van der Waals surface area contributed by atoms with Crippen molar-refractivity contribution in [2.75, 3.05) is 27.0 Å². The number of ketones is 1. The van der Waals surface area contributed by atoms with Crippen LogP contribution in [0, 0.1) is 0 Å². The molecule has 0 aromatic rings. The summed E-state index contributed by atoms with van der Waals surface area (Å²) in [6.45, 7) is 5.05. The van der Waals surface area contributed by atoms with E-state index in [9.17, 15) is 31.7 Å². The van der Waals surface area contributed by atoms with E-state index in [1.807, 2.05) is 0 Å². The van der Waals surface area contributed by atoms with Crippen molar-refractivity contribution in [1.29, 1.82) is 0 Å². The SMILES string of the molecule is CCCCC(F)(F)C(=O)CP(=O)(OC)OC.CCCCC(F)(F)C(=O)OCC. The van der Waals surface area contributed by atoms with Gasteiger partial charge in [-0.05, 0) is 19.8 Å². The summed E-state index contributed by atoms with van der Waals surface area (Å²) in [4.78, 5) is 21.8. The van der Waals surface area contributed by atoms with Crippen LogP contribution in [0.4, 0.5) is 17.6 Å². The van der Waals surface area contributed by atoms with Gasteiger partial charge in [0.05, 0.1) is 6.61 Å². The van der Waals surface area contributed by atoms with E-state index in [1.165, 1.54) is 6.92 Å². The van der Waals surface area contributed by atoms with Crippen LogP contribution in [0.25, 0.3) is 0 Å². The minimum atomic E-state index is -3.70. The lowest BCUT2D eigenvalue weighted by Crippen LogP contribution is -2.31.